The number of nitrogens with one attached hydrogen (secondary N) is 1. The predicted octanol–water partition coefficient (Wildman–Crippen LogP) is 3.60. The molecule has 0 heterocycles. The molecule has 6 heteroatoms. The van der Waals surface area contributed by atoms with Crippen molar-refractivity contribution in [1.82, 2.24) is 5.32 Å². The number of aryl methyl sites for hydroxylation is 2. The van der Waals surface area contributed by atoms with Crippen LogP contribution in [0.1, 0.15) is 48.9 Å². The number of fused-ring (bicyclic) bond motifs is 1. The predicted molar refractivity (Wildman–Crippen MR) is 113 cm³/mol. The van der Waals surface area contributed by atoms with Gasteiger partial charge < -0.3 is 5.32 Å². The minimum absolute atomic E-state index is 0.128. The quantitative estimate of drug-likeness (QED) is 0.772. The van der Waals surface area contributed by atoms with Gasteiger partial charge in [0.1, 0.15) is 6.54 Å². The topological polar surface area (TPSA) is 66.5 Å². The van der Waals surface area contributed by atoms with E-state index < -0.39 is 10.0 Å². The number of carbonyl (C=O) groups is 1. The average Bonchev–Trinajstić information content (AvgIpc) is 2.69. The maximum absolute atomic E-state index is 12.7. The average molecular weight is 401 g/mol. The molecule has 2 aromatic rings. The SMILES string of the molecule is CC[C@H](NC(=O)CN(c1ccccc1)S(C)(=O)=O)c1ccc2c(c1)CCCC2. The largest absolute Gasteiger partial charge is 0.348 e. The van der Waals surface area contributed by atoms with Crippen LogP contribution in [-0.2, 0) is 27.7 Å². The van der Waals surface area contributed by atoms with Crippen molar-refractivity contribution in [3.63, 3.8) is 0 Å². The van der Waals surface area contributed by atoms with E-state index in [0.29, 0.717) is 5.69 Å². The van der Waals surface area contributed by atoms with E-state index in [1.807, 2.05) is 13.0 Å². The van der Waals surface area contributed by atoms with Crippen molar-refractivity contribution in [1.29, 1.82) is 0 Å². The maximum atomic E-state index is 12.7. The summed E-state index contributed by atoms with van der Waals surface area (Å²) in [5.74, 6) is -0.307. The van der Waals surface area contributed by atoms with Gasteiger partial charge in [0, 0.05) is 0 Å². The first-order valence-electron chi connectivity index (χ1n) is 9.82. The molecule has 2 aromatic carbocycles. The fourth-order valence-corrected chi connectivity index (χ4v) is 4.61. The second-order valence-corrected chi connectivity index (χ2v) is 9.28. The van der Waals surface area contributed by atoms with Crippen molar-refractivity contribution in [2.24, 2.45) is 0 Å². The first kappa shape index (κ1) is 20.4. The van der Waals surface area contributed by atoms with E-state index in [9.17, 15) is 13.2 Å². The van der Waals surface area contributed by atoms with Gasteiger partial charge in [-0.15, -0.1) is 0 Å². The van der Waals surface area contributed by atoms with Crippen molar-refractivity contribution >= 4 is 21.6 Å². The third kappa shape index (κ3) is 4.93. The van der Waals surface area contributed by atoms with E-state index >= 15 is 0 Å². The number of amides is 1. The molecule has 28 heavy (non-hydrogen) atoms. The molecule has 5 nitrogen and oxygen atoms in total. The molecule has 1 atom stereocenters. The van der Waals surface area contributed by atoms with Gasteiger partial charge in [-0.25, -0.2) is 8.42 Å². The Morgan fingerprint density at radius 3 is 2.39 bits per heavy atom. The summed E-state index contributed by atoms with van der Waals surface area (Å²) in [4.78, 5) is 12.7. The van der Waals surface area contributed by atoms with Crippen LogP contribution in [0.15, 0.2) is 48.5 Å². The van der Waals surface area contributed by atoms with Crippen molar-refractivity contribution in [3.05, 3.63) is 65.2 Å². The van der Waals surface area contributed by atoms with E-state index in [4.69, 9.17) is 0 Å². The lowest BCUT2D eigenvalue weighted by atomic mass is 9.89. The lowest BCUT2D eigenvalue weighted by Gasteiger charge is -2.25. The van der Waals surface area contributed by atoms with Crippen molar-refractivity contribution in [2.75, 3.05) is 17.1 Å². The molecule has 0 saturated heterocycles. The minimum Gasteiger partial charge on any atom is -0.348 e. The second-order valence-electron chi connectivity index (χ2n) is 7.37. The highest BCUT2D eigenvalue weighted by Crippen LogP contribution is 2.26. The normalized spacial score (nSPS) is 14.8. The van der Waals surface area contributed by atoms with Gasteiger partial charge in [-0.1, -0.05) is 43.3 Å². The minimum atomic E-state index is -3.56. The zero-order chi connectivity index (χ0) is 20.1. The number of anilines is 1. The Morgan fingerprint density at radius 2 is 1.75 bits per heavy atom. The number of para-hydroxylation sites is 1. The van der Waals surface area contributed by atoms with E-state index in [1.54, 1.807) is 24.3 Å². The molecular formula is C22H28N2O3S. The Labute approximate surface area is 167 Å². The highest BCUT2D eigenvalue weighted by Gasteiger charge is 2.23. The summed E-state index contributed by atoms with van der Waals surface area (Å²) in [6, 6.07) is 15.0. The second kappa shape index (κ2) is 8.78. The summed E-state index contributed by atoms with van der Waals surface area (Å²) in [5.41, 5.74) is 4.35. The summed E-state index contributed by atoms with van der Waals surface area (Å²) in [7, 11) is -3.56. The Kier molecular flexibility index (Phi) is 6.39. The van der Waals surface area contributed by atoms with Crippen LogP contribution in [0.3, 0.4) is 0 Å². The fourth-order valence-electron chi connectivity index (χ4n) is 3.76. The zero-order valence-electron chi connectivity index (χ0n) is 16.5. The van der Waals surface area contributed by atoms with Crippen LogP contribution in [0.25, 0.3) is 0 Å². The van der Waals surface area contributed by atoms with Gasteiger partial charge in [0.05, 0.1) is 18.0 Å². The summed E-state index contributed by atoms with van der Waals surface area (Å²) in [6.07, 6.45) is 6.52. The molecule has 1 aliphatic carbocycles. The monoisotopic (exact) mass is 400 g/mol. The van der Waals surface area contributed by atoms with Gasteiger partial charge in [-0.2, -0.15) is 0 Å². The van der Waals surface area contributed by atoms with Crippen molar-refractivity contribution in [2.45, 2.75) is 45.1 Å². The molecule has 0 bridgehead atoms. The number of carbonyl (C=O) groups excluding carboxylic acids is 1. The van der Waals surface area contributed by atoms with Crippen LogP contribution in [0.5, 0.6) is 0 Å². The van der Waals surface area contributed by atoms with Crippen LogP contribution >= 0.6 is 0 Å². The van der Waals surface area contributed by atoms with Gasteiger partial charge in [0.2, 0.25) is 15.9 Å². The first-order chi connectivity index (χ1) is 13.4. The Balaban J connectivity index is 1.74. The van der Waals surface area contributed by atoms with Crippen LogP contribution in [0.2, 0.25) is 0 Å². The first-order valence-corrected chi connectivity index (χ1v) is 11.7. The smallest absolute Gasteiger partial charge is 0.241 e. The van der Waals surface area contributed by atoms with Crippen LogP contribution in [0.4, 0.5) is 5.69 Å². The van der Waals surface area contributed by atoms with E-state index in [-0.39, 0.29) is 18.5 Å². The van der Waals surface area contributed by atoms with Gasteiger partial charge in [-0.05, 0) is 60.9 Å². The Morgan fingerprint density at radius 1 is 1.07 bits per heavy atom. The van der Waals surface area contributed by atoms with E-state index in [0.717, 1.165) is 35.4 Å². The third-order valence-electron chi connectivity index (χ3n) is 5.25. The Hall–Kier alpha value is -2.34. The molecule has 150 valence electrons. The molecule has 0 spiro atoms. The number of hydrogen-bond acceptors (Lipinski definition) is 3. The standard InChI is InChI=1S/C22H28N2O3S/c1-3-21(19-14-13-17-9-7-8-10-18(17)15-19)23-22(25)16-24(28(2,26)27)20-11-5-4-6-12-20/h4-6,11-15,21H,3,7-10,16H2,1-2H3,(H,23,25)/t21-/m0/s1. The van der Waals surface area contributed by atoms with Crippen LogP contribution in [0, 0.1) is 0 Å². The molecule has 0 radical (unpaired) electrons. The molecule has 0 saturated carbocycles. The fraction of sp³-hybridized carbons (Fsp3) is 0.409. The Bertz CT molecular complexity index is 926. The molecular weight excluding hydrogens is 372 g/mol. The number of nitrogens with zero attached hydrogens (tertiary/aromatic N) is 1. The molecule has 0 aliphatic heterocycles. The van der Waals surface area contributed by atoms with Crippen molar-refractivity contribution < 1.29 is 13.2 Å². The van der Waals surface area contributed by atoms with Crippen molar-refractivity contribution in [3.8, 4) is 0 Å². The van der Waals surface area contributed by atoms with E-state index in [2.05, 4.69) is 23.5 Å². The summed E-state index contributed by atoms with van der Waals surface area (Å²) >= 11 is 0. The molecule has 0 unspecified atom stereocenters. The molecule has 1 N–H and O–H groups in total. The number of rotatable bonds is 7. The molecule has 0 aromatic heterocycles. The summed E-state index contributed by atoms with van der Waals surface area (Å²) < 4.78 is 25.5. The summed E-state index contributed by atoms with van der Waals surface area (Å²) in [5, 5.41) is 3.02. The zero-order valence-corrected chi connectivity index (χ0v) is 17.3. The number of benzene rings is 2. The number of sulfonamides is 1. The lowest BCUT2D eigenvalue weighted by molar-refractivity contribution is -0.120. The number of hydrogen-bond donors (Lipinski definition) is 1. The van der Waals surface area contributed by atoms with Gasteiger partial charge in [0.25, 0.3) is 0 Å². The van der Waals surface area contributed by atoms with Crippen LogP contribution < -0.4 is 9.62 Å². The highest BCUT2D eigenvalue weighted by atomic mass is 32.2. The lowest BCUT2D eigenvalue weighted by Crippen LogP contribution is -2.41. The van der Waals surface area contributed by atoms with Crippen LogP contribution in [-0.4, -0.2) is 27.1 Å². The summed E-state index contributed by atoms with van der Waals surface area (Å²) in [6.45, 7) is 1.79. The van der Waals surface area contributed by atoms with Gasteiger partial charge in [-0.3, -0.25) is 9.10 Å². The maximum Gasteiger partial charge on any atom is 0.241 e. The highest BCUT2D eigenvalue weighted by molar-refractivity contribution is 7.92. The van der Waals surface area contributed by atoms with Gasteiger partial charge >= 0.3 is 0 Å². The molecule has 0 fully saturated rings. The molecule has 1 amide bonds. The third-order valence-corrected chi connectivity index (χ3v) is 6.39. The molecule has 1 aliphatic rings. The van der Waals surface area contributed by atoms with Gasteiger partial charge in [0.15, 0.2) is 0 Å². The van der Waals surface area contributed by atoms with E-state index in [1.165, 1.54) is 24.0 Å². The molecule has 3 rings (SSSR count).